The number of carbonyl (C=O) groups is 1. The van der Waals surface area contributed by atoms with Crippen molar-refractivity contribution in [2.24, 2.45) is 5.92 Å². The second-order valence-electron chi connectivity index (χ2n) is 5.40. The Morgan fingerprint density at radius 1 is 1.55 bits per heavy atom. The van der Waals surface area contributed by atoms with Crippen molar-refractivity contribution in [3.05, 3.63) is 21.9 Å². The van der Waals surface area contributed by atoms with Crippen LogP contribution >= 0.6 is 23.1 Å². The quantitative estimate of drug-likeness (QED) is 0.856. The van der Waals surface area contributed by atoms with E-state index in [1.807, 2.05) is 23.6 Å². The first-order valence-electron chi connectivity index (χ1n) is 7.34. The average Bonchev–Trinajstić information content (AvgIpc) is 3.12. The summed E-state index contributed by atoms with van der Waals surface area (Å²) in [4.78, 5) is 16.2. The molecule has 0 aromatic carbocycles. The normalized spacial score (nSPS) is 25.8. The van der Waals surface area contributed by atoms with Crippen LogP contribution in [0.3, 0.4) is 0 Å². The van der Waals surface area contributed by atoms with Crippen LogP contribution in [0.5, 0.6) is 0 Å². The zero-order chi connectivity index (χ0) is 13.9. The second-order valence-corrected chi connectivity index (χ2v) is 7.61. The van der Waals surface area contributed by atoms with Crippen molar-refractivity contribution in [1.82, 2.24) is 4.90 Å². The number of fused-ring (bicyclic) bond motifs is 1. The van der Waals surface area contributed by atoms with Crippen LogP contribution in [0.4, 0.5) is 0 Å². The van der Waals surface area contributed by atoms with Gasteiger partial charge in [0.1, 0.15) is 5.25 Å². The summed E-state index contributed by atoms with van der Waals surface area (Å²) < 4.78 is 5.49. The van der Waals surface area contributed by atoms with Crippen LogP contribution in [0.2, 0.25) is 0 Å². The zero-order valence-corrected chi connectivity index (χ0v) is 13.5. The molecule has 5 heteroatoms. The summed E-state index contributed by atoms with van der Waals surface area (Å²) in [6.45, 7) is 5.35. The van der Waals surface area contributed by atoms with E-state index in [0.717, 1.165) is 44.9 Å². The van der Waals surface area contributed by atoms with Gasteiger partial charge in [0, 0.05) is 30.5 Å². The number of carbonyl (C=O) groups excluding carboxylic acids is 1. The maximum atomic E-state index is 12.7. The predicted octanol–water partition coefficient (Wildman–Crippen LogP) is 2.96. The van der Waals surface area contributed by atoms with Gasteiger partial charge >= 0.3 is 0 Å². The smallest absolute Gasteiger partial charge is 0.240 e. The molecule has 1 saturated heterocycles. The Labute approximate surface area is 128 Å². The molecule has 2 aliphatic heterocycles. The molecule has 0 radical (unpaired) electrons. The average molecular weight is 311 g/mol. The van der Waals surface area contributed by atoms with E-state index < -0.39 is 0 Å². The fraction of sp³-hybridized carbons (Fsp3) is 0.667. The van der Waals surface area contributed by atoms with Crippen LogP contribution < -0.4 is 0 Å². The lowest BCUT2D eigenvalue weighted by Crippen LogP contribution is -2.33. The van der Waals surface area contributed by atoms with Crippen molar-refractivity contribution in [2.75, 3.05) is 32.1 Å². The van der Waals surface area contributed by atoms with E-state index >= 15 is 0 Å². The Morgan fingerprint density at radius 3 is 3.30 bits per heavy atom. The van der Waals surface area contributed by atoms with E-state index in [2.05, 4.69) is 11.4 Å². The van der Waals surface area contributed by atoms with E-state index in [1.54, 1.807) is 11.3 Å². The molecule has 2 atom stereocenters. The number of likely N-dealkylation sites (tertiary alicyclic amines) is 1. The lowest BCUT2D eigenvalue weighted by molar-refractivity contribution is -0.129. The van der Waals surface area contributed by atoms with Gasteiger partial charge in [-0.2, -0.15) is 0 Å². The predicted molar refractivity (Wildman–Crippen MR) is 84.4 cm³/mol. The Hall–Kier alpha value is -0.520. The molecule has 3 nitrogen and oxygen atoms in total. The Morgan fingerprint density at radius 2 is 2.45 bits per heavy atom. The first kappa shape index (κ1) is 14.4. The number of nitrogens with zero attached hydrogens (tertiary/aromatic N) is 1. The molecule has 1 aromatic rings. The molecule has 1 amide bonds. The van der Waals surface area contributed by atoms with Gasteiger partial charge in [-0.3, -0.25) is 4.79 Å². The number of amides is 1. The SMILES string of the molecule is CCOCC1CCN(C(=O)C2SCCc3sccc32)C1. The monoisotopic (exact) mass is 311 g/mol. The topological polar surface area (TPSA) is 29.5 Å². The van der Waals surface area contributed by atoms with Crippen molar-refractivity contribution >= 4 is 29.0 Å². The highest BCUT2D eigenvalue weighted by Gasteiger charge is 2.34. The number of thioether (sulfide) groups is 1. The number of thiophene rings is 1. The highest BCUT2D eigenvalue weighted by molar-refractivity contribution is 8.00. The van der Waals surface area contributed by atoms with E-state index in [-0.39, 0.29) is 5.25 Å². The van der Waals surface area contributed by atoms with Gasteiger partial charge in [0.05, 0.1) is 6.61 Å². The third-order valence-corrected chi connectivity index (χ3v) is 6.28. The Bertz CT molecular complexity index is 474. The number of rotatable bonds is 4. The molecule has 1 aromatic heterocycles. The number of ether oxygens (including phenoxy) is 1. The number of hydrogen-bond acceptors (Lipinski definition) is 4. The van der Waals surface area contributed by atoms with E-state index in [0.29, 0.717) is 11.8 Å². The summed E-state index contributed by atoms with van der Waals surface area (Å²) in [5.74, 6) is 1.91. The van der Waals surface area contributed by atoms with Crippen LogP contribution in [0.1, 0.15) is 29.0 Å². The van der Waals surface area contributed by atoms with Crippen LogP contribution in [0, 0.1) is 5.92 Å². The summed E-state index contributed by atoms with van der Waals surface area (Å²) in [7, 11) is 0. The van der Waals surface area contributed by atoms with Crippen LogP contribution in [-0.4, -0.2) is 42.9 Å². The fourth-order valence-electron chi connectivity index (χ4n) is 2.97. The van der Waals surface area contributed by atoms with Gasteiger partial charge in [-0.15, -0.1) is 23.1 Å². The minimum atomic E-state index is 0.0378. The highest BCUT2D eigenvalue weighted by Crippen LogP contribution is 2.41. The molecule has 2 aliphatic rings. The van der Waals surface area contributed by atoms with Crippen LogP contribution in [0.25, 0.3) is 0 Å². The van der Waals surface area contributed by atoms with E-state index in [9.17, 15) is 4.79 Å². The van der Waals surface area contributed by atoms with Gasteiger partial charge in [-0.05, 0) is 42.5 Å². The molecule has 110 valence electrons. The van der Waals surface area contributed by atoms with Gasteiger partial charge in [-0.25, -0.2) is 0 Å². The van der Waals surface area contributed by atoms with Gasteiger partial charge in [0.2, 0.25) is 5.91 Å². The molecule has 2 unspecified atom stereocenters. The Balaban J connectivity index is 1.63. The van der Waals surface area contributed by atoms with Gasteiger partial charge in [0.25, 0.3) is 0 Å². The molecule has 0 bridgehead atoms. The number of aryl methyl sites for hydroxylation is 1. The summed E-state index contributed by atoms with van der Waals surface area (Å²) >= 11 is 3.61. The lowest BCUT2D eigenvalue weighted by Gasteiger charge is -2.26. The molecule has 0 spiro atoms. The highest BCUT2D eigenvalue weighted by atomic mass is 32.2. The molecule has 0 N–H and O–H groups in total. The molecule has 3 rings (SSSR count). The lowest BCUT2D eigenvalue weighted by atomic mass is 10.1. The zero-order valence-electron chi connectivity index (χ0n) is 11.8. The second kappa shape index (κ2) is 6.50. The van der Waals surface area contributed by atoms with Gasteiger partial charge in [0.15, 0.2) is 0 Å². The summed E-state index contributed by atoms with van der Waals surface area (Å²) in [6.07, 6.45) is 2.20. The van der Waals surface area contributed by atoms with Crippen LogP contribution in [0.15, 0.2) is 11.4 Å². The maximum Gasteiger partial charge on any atom is 0.240 e. The van der Waals surface area contributed by atoms with E-state index in [4.69, 9.17) is 4.74 Å². The van der Waals surface area contributed by atoms with Crippen LogP contribution in [-0.2, 0) is 16.0 Å². The largest absolute Gasteiger partial charge is 0.381 e. The molecule has 0 aliphatic carbocycles. The third-order valence-electron chi connectivity index (χ3n) is 4.06. The summed E-state index contributed by atoms with van der Waals surface area (Å²) in [6, 6.07) is 2.14. The van der Waals surface area contributed by atoms with Crippen molar-refractivity contribution in [2.45, 2.75) is 25.0 Å². The van der Waals surface area contributed by atoms with Gasteiger partial charge < -0.3 is 9.64 Å². The van der Waals surface area contributed by atoms with Crippen molar-refractivity contribution in [1.29, 1.82) is 0 Å². The first-order chi connectivity index (χ1) is 9.79. The minimum absolute atomic E-state index is 0.0378. The van der Waals surface area contributed by atoms with Crippen molar-refractivity contribution in [3.63, 3.8) is 0 Å². The van der Waals surface area contributed by atoms with Crippen molar-refractivity contribution in [3.8, 4) is 0 Å². The third kappa shape index (κ3) is 2.90. The summed E-state index contributed by atoms with van der Waals surface area (Å²) in [5.41, 5.74) is 1.27. The minimum Gasteiger partial charge on any atom is -0.381 e. The molecular formula is C15H21NO2S2. The maximum absolute atomic E-state index is 12.7. The molecule has 20 heavy (non-hydrogen) atoms. The van der Waals surface area contributed by atoms with Crippen molar-refractivity contribution < 1.29 is 9.53 Å². The molecule has 0 saturated carbocycles. The van der Waals surface area contributed by atoms with Gasteiger partial charge in [-0.1, -0.05) is 0 Å². The number of hydrogen-bond donors (Lipinski definition) is 0. The Kier molecular flexibility index (Phi) is 4.68. The fourth-order valence-corrected chi connectivity index (χ4v) is 5.34. The molecule has 3 heterocycles. The standard InChI is InChI=1S/C15H21NO2S2/c1-2-18-10-11-3-6-16(9-11)15(17)14-12-4-7-19-13(12)5-8-20-14/h4,7,11,14H,2-3,5-6,8-10H2,1H3. The molecular weight excluding hydrogens is 290 g/mol. The molecule has 1 fully saturated rings. The van der Waals surface area contributed by atoms with E-state index in [1.165, 1.54) is 10.4 Å². The first-order valence-corrected chi connectivity index (χ1v) is 9.26. The summed E-state index contributed by atoms with van der Waals surface area (Å²) in [5, 5.41) is 2.16.